The summed E-state index contributed by atoms with van der Waals surface area (Å²) in [6, 6.07) is 10.8. The van der Waals surface area contributed by atoms with E-state index < -0.39 is 0 Å². The van der Waals surface area contributed by atoms with Crippen LogP contribution < -0.4 is 11.3 Å². The topological polar surface area (TPSA) is 38.0 Å². The number of hydrazine groups is 1. The third-order valence-corrected chi connectivity index (χ3v) is 6.29. The van der Waals surface area contributed by atoms with Gasteiger partial charge in [-0.15, -0.1) is 11.3 Å². The van der Waals surface area contributed by atoms with Crippen LogP contribution in [0.15, 0.2) is 38.6 Å². The van der Waals surface area contributed by atoms with Gasteiger partial charge in [0.25, 0.3) is 0 Å². The molecule has 0 saturated carbocycles. The van der Waals surface area contributed by atoms with E-state index >= 15 is 0 Å². The third kappa shape index (κ3) is 3.67. The van der Waals surface area contributed by atoms with Gasteiger partial charge in [0.15, 0.2) is 0 Å². The largest absolute Gasteiger partial charge is 0.271 e. The highest BCUT2D eigenvalue weighted by Crippen LogP contribution is 2.37. The summed E-state index contributed by atoms with van der Waals surface area (Å²) in [4.78, 5) is 1.18. The second kappa shape index (κ2) is 6.99. The zero-order valence-corrected chi connectivity index (χ0v) is 14.6. The first kappa shape index (κ1) is 15.2. The fourth-order valence-electron chi connectivity index (χ4n) is 2.01. The number of nitrogens with one attached hydrogen (secondary N) is 1. The van der Waals surface area contributed by atoms with Gasteiger partial charge in [0, 0.05) is 9.35 Å². The highest BCUT2D eigenvalue weighted by molar-refractivity contribution is 9.13. The molecule has 1 unspecified atom stereocenters. The van der Waals surface area contributed by atoms with E-state index in [1.54, 1.807) is 11.3 Å². The van der Waals surface area contributed by atoms with Crippen molar-refractivity contribution in [2.45, 2.75) is 25.8 Å². The predicted molar refractivity (Wildman–Crippen MR) is 89.3 cm³/mol. The fraction of sp³-hybridized carbons (Fsp3) is 0.286. The lowest BCUT2D eigenvalue weighted by Gasteiger charge is -2.15. The van der Waals surface area contributed by atoms with E-state index in [2.05, 4.69) is 74.5 Å². The number of thiophene rings is 1. The van der Waals surface area contributed by atoms with Crippen molar-refractivity contribution in [3.05, 3.63) is 54.6 Å². The number of aryl methyl sites for hydroxylation is 1. The van der Waals surface area contributed by atoms with Gasteiger partial charge < -0.3 is 0 Å². The van der Waals surface area contributed by atoms with E-state index in [0.717, 1.165) is 14.7 Å². The Morgan fingerprint density at radius 3 is 2.42 bits per heavy atom. The first-order valence-corrected chi connectivity index (χ1v) is 8.55. The maximum Gasteiger partial charge on any atom is 0.0843 e. The lowest BCUT2D eigenvalue weighted by atomic mass is 10.0. The lowest BCUT2D eigenvalue weighted by molar-refractivity contribution is 0.646. The first-order valence-electron chi connectivity index (χ1n) is 6.15. The zero-order chi connectivity index (χ0) is 13.8. The van der Waals surface area contributed by atoms with Crippen molar-refractivity contribution < 1.29 is 0 Å². The van der Waals surface area contributed by atoms with Gasteiger partial charge in [-0.05, 0) is 55.5 Å². The fourth-order valence-corrected chi connectivity index (χ4v) is 4.19. The Bertz CT molecular complexity index is 517. The third-order valence-electron chi connectivity index (χ3n) is 2.97. The average molecular weight is 404 g/mol. The first-order chi connectivity index (χ1) is 9.15. The minimum Gasteiger partial charge on any atom is -0.271 e. The number of hydrogen-bond acceptors (Lipinski definition) is 3. The Balaban J connectivity index is 2.26. The zero-order valence-electron chi connectivity index (χ0n) is 10.6. The van der Waals surface area contributed by atoms with Crippen molar-refractivity contribution in [1.29, 1.82) is 0 Å². The number of halogens is 2. The molecule has 2 aromatic rings. The second-order valence-electron chi connectivity index (χ2n) is 4.36. The summed E-state index contributed by atoms with van der Waals surface area (Å²) in [6.45, 7) is 2.19. The molecule has 0 aliphatic carbocycles. The smallest absolute Gasteiger partial charge is 0.0843 e. The Hall–Kier alpha value is -0.200. The van der Waals surface area contributed by atoms with Crippen LogP contribution in [-0.4, -0.2) is 0 Å². The van der Waals surface area contributed by atoms with E-state index in [9.17, 15) is 0 Å². The summed E-state index contributed by atoms with van der Waals surface area (Å²) >= 11 is 8.72. The van der Waals surface area contributed by atoms with Gasteiger partial charge in [-0.3, -0.25) is 5.84 Å². The molecule has 19 heavy (non-hydrogen) atoms. The van der Waals surface area contributed by atoms with Crippen LogP contribution in [0.4, 0.5) is 0 Å². The van der Waals surface area contributed by atoms with Crippen molar-refractivity contribution in [3.63, 3.8) is 0 Å². The van der Waals surface area contributed by atoms with Crippen LogP contribution in [0, 0.1) is 0 Å². The van der Waals surface area contributed by atoms with E-state index in [-0.39, 0.29) is 6.04 Å². The van der Waals surface area contributed by atoms with Crippen molar-refractivity contribution >= 4 is 43.2 Å². The minimum absolute atomic E-state index is 0.0308. The van der Waals surface area contributed by atoms with Crippen LogP contribution in [0.5, 0.6) is 0 Å². The normalized spacial score (nSPS) is 12.6. The van der Waals surface area contributed by atoms with Crippen LogP contribution in [0.1, 0.15) is 35.4 Å². The molecule has 1 atom stereocenters. The molecule has 0 amide bonds. The molecule has 0 spiro atoms. The number of hydrogen-bond donors (Lipinski definition) is 2. The Morgan fingerprint density at radius 1 is 1.26 bits per heavy atom. The number of rotatable bonds is 5. The summed E-state index contributed by atoms with van der Waals surface area (Å²) in [6.07, 6.45) is 2.29. The van der Waals surface area contributed by atoms with Gasteiger partial charge in [-0.2, -0.15) is 0 Å². The SMILES string of the molecule is CCCc1ccc(C(NN)c2cc(Br)c(Br)s2)cc1. The van der Waals surface area contributed by atoms with Crippen LogP contribution in [0.25, 0.3) is 0 Å². The molecule has 1 aromatic carbocycles. The van der Waals surface area contributed by atoms with Gasteiger partial charge in [0.1, 0.15) is 0 Å². The standard InChI is InChI=1S/C14H16Br2N2S/c1-2-3-9-4-6-10(7-5-9)13(18-17)12-8-11(15)14(16)19-12/h4-8,13,18H,2-3,17H2,1H3. The molecular weight excluding hydrogens is 388 g/mol. The van der Waals surface area contributed by atoms with Gasteiger partial charge >= 0.3 is 0 Å². The minimum atomic E-state index is 0.0308. The van der Waals surface area contributed by atoms with Crippen LogP contribution in [-0.2, 0) is 6.42 Å². The Labute approximate surface area is 134 Å². The number of nitrogens with two attached hydrogens (primary N) is 1. The molecule has 1 heterocycles. The van der Waals surface area contributed by atoms with Gasteiger partial charge in [-0.25, -0.2) is 5.43 Å². The molecule has 0 bridgehead atoms. The molecule has 102 valence electrons. The van der Waals surface area contributed by atoms with E-state index in [0.29, 0.717) is 0 Å². The highest BCUT2D eigenvalue weighted by atomic mass is 79.9. The van der Waals surface area contributed by atoms with Crippen LogP contribution in [0.3, 0.4) is 0 Å². The maximum atomic E-state index is 5.72. The molecule has 5 heteroatoms. The second-order valence-corrected chi connectivity index (χ2v) is 7.62. The maximum absolute atomic E-state index is 5.72. The Morgan fingerprint density at radius 2 is 1.95 bits per heavy atom. The molecule has 2 nitrogen and oxygen atoms in total. The molecule has 0 aliphatic heterocycles. The van der Waals surface area contributed by atoms with Crippen LogP contribution in [0.2, 0.25) is 0 Å². The van der Waals surface area contributed by atoms with Crippen molar-refractivity contribution in [2.24, 2.45) is 5.84 Å². The molecule has 3 N–H and O–H groups in total. The molecule has 2 rings (SSSR count). The highest BCUT2D eigenvalue weighted by Gasteiger charge is 2.16. The lowest BCUT2D eigenvalue weighted by Crippen LogP contribution is -2.28. The summed E-state index contributed by atoms with van der Waals surface area (Å²) in [5, 5.41) is 0. The summed E-state index contributed by atoms with van der Waals surface area (Å²) in [7, 11) is 0. The molecular formula is C14H16Br2N2S. The molecule has 0 radical (unpaired) electrons. The number of benzene rings is 1. The molecule has 0 fully saturated rings. The molecule has 0 saturated heterocycles. The average Bonchev–Trinajstić information content (AvgIpc) is 2.73. The summed E-state index contributed by atoms with van der Waals surface area (Å²) in [5.74, 6) is 5.72. The van der Waals surface area contributed by atoms with E-state index in [4.69, 9.17) is 5.84 Å². The molecule has 0 aliphatic rings. The quantitative estimate of drug-likeness (QED) is 0.556. The van der Waals surface area contributed by atoms with Crippen molar-refractivity contribution in [1.82, 2.24) is 5.43 Å². The predicted octanol–water partition coefficient (Wildman–Crippen LogP) is 4.78. The van der Waals surface area contributed by atoms with E-state index in [1.807, 2.05) is 0 Å². The van der Waals surface area contributed by atoms with Crippen molar-refractivity contribution in [2.75, 3.05) is 0 Å². The van der Waals surface area contributed by atoms with E-state index in [1.165, 1.54) is 22.4 Å². The van der Waals surface area contributed by atoms with Gasteiger partial charge in [0.2, 0.25) is 0 Å². The summed E-state index contributed by atoms with van der Waals surface area (Å²) in [5.41, 5.74) is 5.45. The molecule has 1 aromatic heterocycles. The Kier molecular flexibility index (Phi) is 5.59. The van der Waals surface area contributed by atoms with Gasteiger partial charge in [-0.1, -0.05) is 37.6 Å². The van der Waals surface area contributed by atoms with Gasteiger partial charge in [0.05, 0.1) is 9.83 Å². The van der Waals surface area contributed by atoms with Crippen LogP contribution >= 0.6 is 43.2 Å². The monoisotopic (exact) mass is 402 g/mol. The summed E-state index contributed by atoms with van der Waals surface area (Å²) < 4.78 is 2.15. The van der Waals surface area contributed by atoms with Crippen molar-refractivity contribution in [3.8, 4) is 0 Å².